The van der Waals surface area contributed by atoms with Crippen LogP contribution >= 0.6 is 11.6 Å². The number of hydrogen-bond donors (Lipinski definition) is 1. The van der Waals surface area contributed by atoms with Crippen LogP contribution in [0.15, 0.2) is 34.9 Å². The molecule has 1 aromatic carbocycles. The molecule has 2 heterocycles. The van der Waals surface area contributed by atoms with Gasteiger partial charge in [-0.05, 0) is 12.1 Å². The van der Waals surface area contributed by atoms with Gasteiger partial charge < -0.3 is 10.2 Å². The average Bonchev–Trinajstić information content (AvgIpc) is 3.00. The third kappa shape index (κ3) is 2.41. The Morgan fingerprint density at radius 3 is 2.79 bits per heavy atom. The monoisotopic (exact) mass is 276 g/mol. The Morgan fingerprint density at radius 1 is 1.21 bits per heavy atom. The Kier molecular flexibility index (Phi) is 2.88. The highest BCUT2D eigenvalue weighted by molar-refractivity contribution is 6.33. The van der Waals surface area contributed by atoms with E-state index in [4.69, 9.17) is 21.8 Å². The topological polar surface area (TPSA) is 95.7 Å². The van der Waals surface area contributed by atoms with Crippen LogP contribution in [0.2, 0.25) is 5.02 Å². The van der Waals surface area contributed by atoms with Crippen LogP contribution in [0.1, 0.15) is 5.89 Å². The lowest BCUT2D eigenvalue weighted by atomic mass is 10.2. The summed E-state index contributed by atoms with van der Waals surface area (Å²) in [5, 5.41) is 15.9. The number of aromatic nitrogens is 5. The summed E-state index contributed by atoms with van der Waals surface area (Å²) in [5.41, 5.74) is 6.17. The number of nitrogens with zero attached hydrogens (tertiary/aromatic N) is 5. The summed E-state index contributed by atoms with van der Waals surface area (Å²) in [6, 6.07) is 7.26. The van der Waals surface area contributed by atoms with Gasteiger partial charge in [-0.3, -0.25) is 0 Å². The number of anilines is 1. The number of rotatable bonds is 3. The highest BCUT2D eigenvalue weighted by Crippen LogP contribution is 2.26. The van der Waals surface area contributed by atoms with Gasteiger partial charge in [0.1, 0.15) is 6.54 Å². The second kappa shape index (κ2) is 4.69. The average molecular weight is 277 g/mol. The number of nitrogen functional groups attached to an aromatic ring is 1. The van der Waals surface area contributed by atoms with Gasteiger partial charge in [0, 0.05) is 0 Å². The van der Waals surface area contributed by atoms with Crippen molar-refractivity contribution in [1.82, 2.24) is 25.2 Å². The van der Waals surface area contributed by atoms with Gasteiger partial charge in [0.2, 0.25) is 11.8 Å². The molecule has 0 saturated heterocycles. The maximum absolute atomic E-state index is 6.06. The molecule has 3 aromatic rings. The van der Waals surface area contributed by atoms with E-state index in [9.17, 15) is 0 Å². The van der Waals surface area contributed by atoms with Crippen molar-refractivity contribution in [3.05, 3.63) is 41.4 Å². The van der Waals surface area contributed by atoms with Crippen LogP contribution in [0.25, 0.3) is 11.5 Å². The SMILES string of the molecule is Nc1cn(Cc2nnc(-c3ccccc3Cl)o2)nn1. The van der Waals surface area contributed by atoms with Crippen LogP contribution in [0.5, 0.6) is 0 Å². The second-order valence-corrected chi connectivity index (χ2v) is 4.23. The summed E-state index contributed by atoms with van der Waals surface area (Å²) in [6.07, 6.45) is 1.58. The zero-order valence-electron chi connectivity index (χ0n) is 9.69. The van der Waals surface area contributed by atoms with Crippen molar-refractivity contribution in [2.75, 3.05) is 5.73 Å². The zero-order chi connectivity index (χ0) is 13.2. The molecule has 0 aliphatic rings. The molecule has 0 atom stereocenters. The van der Waals surface area contributed by atoms with Crippen LogP contribution in [0.4, 0.5) is 5.82 Å². The Labute approximate surface area is 113 Å². The minimum Gasteiger partial charge on any atom is -0.419 e. The van der Waals surface area contributed by atoms with E-state index in [1.807, 2.05) is 18.2 Å². The molecule has 0 bridgehead atoms. The van der Waals surface area contributed by atoms with Crippen LogP contribution in [0, 0.1) is 0 Å². The largest absolute Gasteiger partial charge is 0.419 e. The van der Waals surface area contributed by atoms with Crippen molar-refractivity contribution in [3.63, 3.8) is 0 Å². The molecule has 0 amide bonds. The van der Waals surface area contributed by atoms with Gasteiger partial charge in [-0.2, -0.15) is 0 Å². The van der Waals surface area contributed by atoms with E-state index in [2.05, 4.69) is 20.5 Å². The summed E-state index contributed by atoms with van der Waals surface area (Å²) in [4.78, 5) is 0. The molecule has 0 aliphatic heterocycles. The minimum atomic E-state index is 0.307. The fourth-order valence-electron chi connectivity index (χ4n) is 1.59. The summed E-state index contributed by atoms with van der Waals surface area (Å²) in [5.74, 6) is 1.11. The van der Waals surface area contributed by atoms with Gasteiger partial charge in [0.25, 0.3) is 0 Å². The fraction of sp³-hybridized carbons (Fsp3) is 0.0909. The number of halogens is 1. The highest BCUT2D eigenvalue weighted by atomic mass is 35.5. The Bertz CT molecular complexity index is 707. The molecule has 0 radical (unpaired) electrons. The van der Waals surface area contributed by atoms with Crippen molar-refractivity contribution in [3.8, 4) is 11.5 Å². The predicted octanol–water partition coefficient (Wildman–Crippen LogP) is 1.61. The Hall–Kier alpha value is -2.41. The quantitative estimate of drug-likeness (QED) is 0.781. The normalized spacial score (nSPS) is 10.8. The lowest BCUT2D eigenvalue weighted by Gasteiger charge is -1.97. The van der Waals surface area contributed by atoms with E-state index in [0.717, 1.165) is 0 Å². The third-order valence-corrected chi connectivity index (χ3v) is 2.75. The first-order valence-electron chi connectivity index (χ1n) is 5.45. The van der Waals surface area contributed by atoms with Crippen molar-refractivity contribution >= 4 is 17.4 Å². The predicted molar refractivity (Wildman–Crippen MR) is 68.3 cm³/mol. The van der Waals surface area contributed by atoms with Crippen molar-refractivity contribution < 1.29 is 4.42 Å². The van der Waals surface area contributed by atoms with Crippen LogP contribution in [-0.2, 0) is 6.54 Å². The van der Waals surface area contributed by atoms with Gasteiger partial charge in [-0.1, -0.05) is 28.9 Å². The first-order chi connectivity index (χ1) is 9.22. The lowest BCUT2D eigenvalue weighted by molar-refractivity contribution is 0.469. The number of benzene rings is 1. The van der Waals surface area contributed by atoms with Crippen molar-refractivity contribution in [1.29, 1.82) is 0 Å². The molecule has 96 valence electrons. The Balaban J connectivity index is 1.86. The van der Waals surface area contributed by atoms with Gasteiger partial charge in [-0.25, -0.2) is 4.68 Å². The maximum Gasteiger partial charge on any atom is 0.249 e. The maximum atomic E-state index is 6.06. The lowest BCUT2D eigenvalue weighted by Crippen LogP contribution is -2.00. The minimum absolute atomic E-state index is 0.307. The first kappa shape index (κ1) is 11.7. The van der Waals surface area contributed by atoms with E-state index in [1.54, 1.807) is 12.3 Å². The second-order valence-electron chi connectivity index (χ2n) is 3.82. The van der Waals surface area contributed by atoms with Crippen LogP contribution < -0.4 is 5.73 Å². The van der Waals surface area contributed by atoms with Gasteiger partial charge in [0.05, 0.1) is 16.8 Å². The molecule has 3 rings (SSSR count). The molecule has 2 aromatic heterocycles. The van der Waals surface area contributed by atoms with E-state index in [0.29, 0.717) is 34.7 Å². The van der Waals surface area contributed by atoms with E-state index < -0.39 is 0 Å². The van der Waals surface area contributed by atoms with E-state index in [1.165, 1.54) is 4.68 Å². The highest BCUT2D eigenvalue weighted by Gasteiger charge is 2.12. The summed E-state index contributed by atoms with van der Waals surface area (Å²) < 4.78 is 7.04. The molecular weight excluding hydrogens is 268 g/mol. The molecule has 19 heavy (non-hydrogen) atoms. The fourth-order valence-corrected chi connectivity index (χ4v) is 1.81. The molecule has 0 saturated carbocycles. The van der Waals surface area contributed by atoms with Crippen LogP contribution in [0.3, 0.4) is 0 Å². The van der Waals surface area contributed by atoms with Crippen molar-refractivity contribution in [2.24, 2.45) is 0 Å². The van der Waals surface area contributed by atoms with E-state index >= 15 is 0 Å². The number of nitrogens with two attached hydrogens (primary N) is 1. The molecule has 0 spiro atoms. The smallest absolute Gasteiger partial charge is 0.249 e. The summed E-state index contributed by atoms with van der Waals surface area (Å²) in [7, 11) is 0. The molecule has 0 unspecified atom stereocenters. The first-order valence-corrected chi connectivity index (χ1v) is 5.83. The van der Waals surface area contributed by atoms with Crippen molar-refractivity contribution in [2.45, 2.75) is 6.54 Å². The standard InChI is InChI=1S/C11H9ClN6O/c12-8-4-2-1-3-7(8)11-16-15-10(19-11)6-18-5-9(13)14-17-18/h1-5H,6,13H2. The third-order valence-electron chi connectivity index (χ3n) is 2.42. The number of hydrogen-bond acceptors (Lipinski definition) is 6. The zero-order valence-corrected chi connectivity index (χ0v) is 10.4. The molecule has 0 aliphatic carbocycles. The molecule has 0 fully saturated rings. The Morgan fingerprint density at radius 2 is 2.05 bits per heavy atom. The molecule has 2 N–H and O–H groups in total. The van der Waals surface area contributed by atoms with Gasteiger partial charge >= 0.3 is 0 Å². The summed E-state index contributed by atoms with van der Waals surface area (Å²) >= 11 is 6.06. The van der Waals surface area contributed by atoms with Crippen LogP contribution in [-0.4, -0.2) is 25.2 Å². The van der Waals surface area contributed by atoms with Gasteiger partial charge in [-0.15, -0.1) is 15.3 Å². The molecular formula is C11H9ClN6O. The van der Waals surface area contributed by atoms with E-state index in [-0.39, 0.29) is 0 Å². The molecule has 8 heteroatoms. The van der Waals surface area contributed by atoms with Gasteiger partial charge in [0.15, 0.2) is 5.82 Å². The molecule has 7 nitrogen and oxygen atoms in total. The summed E-state index contributed by atoms with van der Waals surface area (Å²) in [6.45, 7) is 0.307.